The standard InChI is InChI=1S/C19H22N2O2/c1-14(17-9-5-6-10-18(17)23-4)12-19(22)21(3)15(2)16-8-7-11-20-13-16/h5-13,15H,1-4H3/b14-12+/t15-/m1/s1. The molecule has 0 unspecified atom stereocenters. The SMILES string of the molecule is COc1ccccc1/C(C)=C/C(=O)N(C)[C@H](C)c1cccnc1. The van der Waals surface area contributed by atoms with Gasteiger partial charge in [0.05, 0.1) is 13.2 Å². The Morgan fingerprint density at radius 1 is 1.26 bits per heavy atom. The molecule has 1 atom stereocenters. The van der Waals surface area contributed by atoms with E-state index in [1.807, 2.05) is 50.2 Å². The highest BCUT2D eigenvalue weighted by molar-refractivity contribution is 5.95. The molecule has 0 aliphatic heterocycles. The molecular formula is C19H22N2O2. The van der Waals surface area contributed by atoms with E-state index >= 15 is 0 Å². The average Bonchev–Trinajstić information content (AvgIpc) is 2.60. The predicted molar refractivity (Wildman–Crippen MR) is 92.1 cm³/mol. The van der Waals surface area contributed by atoms with Gasteiger partial charge >= 0.3 is 0 Å². The first-order valence-corrected chi connectivity index (χ1v) is 7.53. The molecule has 0 aliphatic rings. The molecule has 1 aromatic carbocycles. The molecule has 0 radical (unpaired) electrons. The van der Waals surface area contributed by atoms with Gasteiger partial charge in [0, 0.05) is 31.1 Å². The Morgan fingerprint density at radius 2 is 2.00 bits per heavy atom. The lowest BCUT2D eigenvalue weighted by molar-refractivity contribution is -0.126. The largest absolute Gasteiger partial charge is 0.496 e. The van der Waals surface area contributed by atoms with Crippen LogP contribution in [0.1, 0.15) is 31.0 Å². The number of pyridine rings is 1. The van der Waals surface area contributed by atoms with Gasteiger partial charge in [-0.3, -0.25) is 9.78 Å². The van der Waals surface area contributed by atoms with Crippen LogP contribution in [0.15, 0.2) is 54.9 Å². The summed E-state index contributed by atoms with van der Waals surface area (Å²) in [5.74, 6) is 0.710. The number of carbonyl (C=O) groups is 1. The van der Waals surface area contributed by atoms with Crippen LogP contribution in [-0.2, 0) is 4.79 Å². The predicted octanol–water partition coefficient (Wildman–Crippen LogP) is 3.71. The summed E-state index contributed by atoms with van der Waals surface area (Å²) in [5, 5.41) is 0. The van der Waals surface area contributed by atoms with Crippen molar-refractivity contribution in [1.82, 2.24) is 9.88 Å². The summed E-state index contributed by atoms with van der Waals surface area (Å²) in [7, 11) is 3.43. The number of rotatable bonds is 5. The van der Waals surface area contributed by atoms with E-state index in [0.717, 1.165) is 22.4 Å². The van der Waals surface area contributed by atoms with Gasteiger partial charge < -0.3 is 9.64 Å². The Kier molecular flexibility index (Phi) is 5.52. The van der Waals surface area contributed by atoms with E-state index in [-0.39, 0.29) is 11.9 Å². The van der Waals surface area contributed by atoms with E-state index in [9.17, 15) is 4.79 Å². The van der Waals surface area contributed by atoms with Crippen LogP contribution in [0.4, 0.5) is 0 Å². The second kappa shape index (κ2) is 7.58. The quantitative estimate of drug-likeness (QED) is 0.791. The number of nitrogens with zero attached hydrogens (tertiary/aromatic N) is 2. The molecule has 4 nitrogen and oxygen atoms in total. The molecule has 0 bridgehead atoms. The van der Waals surface area contributed by atoms with Gasteiger partial charge in [0.1, 0.15) is 5.75 Å². The van der Waals surface area contributed by atoms with Crippen LogP contribution in [0.25, 0.3) is 5.57 Å². The number of likely N-dealkylation sites (N-methyl/N-ethyl adjacent to an activating group) is 1. The summed E-state index contributed by atoms with van der Waals surface area (Å²) in [6, 6.07) is 11.5. The first kappa shape index (κ1) is 16.7. The lowest BCUT2D eigenvalue weighted by atomic mass is 10.1. The van der Waals surface area contributed by atoms with Gasteiger partial charge in [0.25, 0.3) is 0 Å². The second-order valence-corrected chi connectivity index (χ2v) is 5.44. The highest BCUT2D eigenvalue weighted by atomic mass is 16.5. The number of hydrogen-bond donors (Lipinski definition) is 0. The third kappa shape index (κ3) is 3.97. The van der Waals surface area contributed by atoms with Crippen molar-refractivity contribution in [2.75, 3.05) is 14.2 Å². The van der Waals surface area contributed by atoms with E-state index < -0.39 is 0 Å². The van der Waals surface area contributed by atoms with Crippen LogP contribution < -0.4 is 4.74 Å². The second-order valence-electron chi connectivity index (χ2n) is 5.44. The number of benzene rings is 1. The van der Waals surface area contributed by atoms with E-state index in [2.05, 4.69) is 4.98 Å². The molecular weight excluding hydrogens is 288 g/mol. The Bertz CT molecular complexity index is 696. The van der Waals surface area contributed by atoms with Crippen molar-refractivity contribution in [3.63, 3.8) is 0 Å². The van der Waals surface area contributed by atoms with Crippen LogP contribution in [0.5, 0.6) is 5.75 Å². The Morgan fingerprint density at radius 3 is 2.65 bits per heavy atom. The molecule has 1 amide bonds. The Labute approximate surface area is 137 Å². The fourth-order valence-electron chi connectivity index (χ4n) is 2.37. The smallest absolute Gasteiger partial charge is 0.247 e. The number of carbonyl (C=O) groups excluding carboxylic acids is 1. The molecule has 0 saturated heterocycles. The van der Waals surface area contributed by atoms with Crippen LogP contribution in [0.3, 0.4) is 0 Å². The number of amides is 1. The number of ether oxygens (including phenoxy) is 1. The van der Waals surface area contributed by atoms with Crippen molar-refractivity contribution in [3.8, 4) is 5.75 Å². The van der Waals surface area contributed by atoms with Crippen molar-refractivity contribution >= 4 is 11.5 Å². The lowest BCUT2D eigenvalue weighted by Gasteiger charge is -2.24. The fourth-order valence-corrected chi connectivity index (χ4v) is 2.37. The average molecular weight is 310 g/mol. The number of aromatic nitrogens is 1. The summed E-state index contributed by atoms with van der Waals surface area (Å²) < 4.78 is 5.35. The minimum absolute atomic E-state index is 0.0436. The van der Waals surface area contributed by atoms with Gasteiger partial charge in [0.2, 0.25) is 5.91 Å². The molecule has 0 aliphatic carbocycles. The maximum absolute atomic E-state index is 12.5. The number of hydrogen-bond acceptors (Lipinski definition) is 3. The van der Waals surface area contributed by atoms with E-state index in [4.69, 9.17) is 4.74 Å². The van der Waals surface area contributed by atoms with Crippen molar-refractivity contribution in [3.05, 3.63) is 66.0 Å². The minimum Gasteiger partial charge on any atom is -0.496 e. The fraction of sp³-hybridized carbons (Fsp3) is 0.263. The Hall–Kier alpha value is -2.62. The lowest BCUT2D eigenvalue weighted by Crippen LogP contribution is -2.28. The van der Waals surface area contributed by atoms with Gasteiger partial charge in [-0.1, -0.05) is 24.3 Å². The zero-order chi connectivity index (χ0) is 16.8. The topological polar surface area (TPSA) is 42.4 Å². The van der Waals surface area contributed by atoms with Crippen molar-refractivity contribution in [2.45, 2.75) is 19.9 Å². The summed E-state index contributed by atoms with van der Waals surface area (Å²) >= 11 is 0. The molecule has 0 N–H and O–H groups in total. The van der Waals surface area contributed by atoms with Gasteiger partial charge in [-0.25, -0.2) is 0 Å². The van der Waals surface area contributed by atoms with Crippen molar-refractivity contribution in [1.29, 1.82) is 0 Å². The maximum atomic E-state index is 12.5. The summed E-state index contributed by atoms with van der Waals surface area (Å²) in [5.41, 5.74) is 2.80. The molecule has 23 heavy (non-hydrogen) atoms. The molecule has 2 rings (SSSR count). The van der Waals surface area contributed by atoms with E-state index in [0.29, 0.717) is 0 Å². The summed E-state index contributed by atoms with van der Waals surface area (Å²) in [6.07, 6.45) is 5.15. The molecule has 0 spiro atoms. The summed E-state index contributed by atoms with van der Waals surface area (Å²) in [6.45, 7) is 3.90. The molecule has 1 heterocycles. The van der Waals surface area contributed by atoms with Crippen molar-refractivity contribution < 1.29 is 9.53 Å². The first-order chi connectivity index (χ1) is 11.0. The Balaban J connectivity index is 2.19. The monoisotopic (exact) mass is 310 g/mol. The van der Waals surface area contributed by atoms with E-state index in [1.54, 1.807) is 37.5 Å². The molecule has 1 aromatic heterocycles. The van der Waals surface area contributed by atoms with Gasteiger partial charge in [0.15, 0.2) is 0 Å². The van der Waals surface area contributed by atoms with Crippen LogP contribution in [0.2, 0.25) is 0 Å². The van der Waals surface area contributed by atoms with Gasteiger partial charge in [-0.15, -0.1) is 0 Å². The number of methoxy groups -OCH3 is 1. The highest BCUT2D eigenvalue weighted by Crippen LogP contribution is 2.26. The third-order valence-electron chi connectivity index (χ3n) is 3.97. The maximum Gasteiger partial charge on any atom is 0.247 e. The number of allylic oxidation sites excluding steroid dienone is 1. The van der Waals surface area contributed by atoms with Gasteiger partial charge in [-0.05, 0) is 37.1 Å². The van der Waals surface area contributed by atoms with Gasteiger partial charge in [-0.2, -0.15) is 0 Å². The van der Waals surface area contributed by atoms with Crippen molar-refractivity contribution in [2.24, 2.45) is 0 Å². The van der Waals surface area contributed by atoms with Crippen LogP contribution >= 0.6 is 0 Å². The zero-order valence-electron chi connectivity index (χ0n) is 14.0. The van der Waals surface area contributed by atoms with E-state index in [1.165, 1.54) is 0 Å². The highest BCUT2D eigenvalue weighted by Gasteiger charge is 2.16. The molecule has 120 valence electrons. The molecule has 0 saturated carbocycles. The minimum atomic E-state index is -0.0511. The molecule has 4 heteroatoms. The number of para-hydroxylation sites is 1. The third-order valence-corrected chi connectivity index (χ3v) is 3.97. The summed E-state index contributed by atoms with van der Waals surface area (Å²) in [4.78, 5) is 18.3. The normalized spacial score (nSPS) is 12.6. The van der Waals surface area contributed by atoms with Crippen LogP contribution in [-0.4, -0.2) is 29.9 Å². The van der Waals surface area contributed by atoms with Crippen LogP contribution in [0, 0.1) is 0 Å². The first-order valence-electron chi connectivity index (χ1n) is 7.53. The molecule has 0 fully saturated rings. The molecule has 2 aromatic rings. The zero-order valence-corrected chi connectivity index (χ0v) is 14.0.